The largest absolute Gasteiger partial charge is 0.369 e. The Kier molecular flexibility index (Phi) is 5.32. The first-order chi connectivity index (χ1) is 13.8. The summed E-state index contributed by atoms with van der Waals surface area (Å²) in [5.74, 6) is 3.25. The third-order valence-electron chi connectivity index (χ3n) is 5.46. The van der Waals surface area contributed by atoms with E-state index in [1.165, 1.54) is 15.5 Å². The summed E-state index contributed by atoms with van der Waals surface area (Å²) < 4.78 is 3.70. The van der Waals surface area contributed by atoms with Gasteiger partial charge in [0.15, 0.2) is 5.82 Å². The first-order valence-electron chi connectivity index (χ1n) is 9.63. The van der Waals surface area contributed by atoms with E-state index in [4.69, 9.17) is 11.6 Å². The number of aromatic nitrogens is 3. The summed E-state index contributed by atoms with van der Waals surface area (Å²) >= 11 is 9.75. The van der Waals surface area contributed by atoms with Gasteiger partial charge in [-0.15, -0.1) is 33.3 Å². The van der Waals surface area contributed by atoms with Gasteiger partial charge < -0.3 is 9.47 Å². The van der Waals surface area contributed by atoms with Gasteiger partial charge >= 0.3 is 0 Å². The van der Waals surface area contributed by atoms with E-state index in [1.807, 2.05) is 35.2 Å². The van der Waals surface area contributed by atoms with Gasteiger partial charge in [0.1, 0.15) is 5.82 Å². The predicted octanol–water partition coefficient (Wildman–Crippen LogP) is 4.13. The maximum atomic E-state index is 6.01. The van der Waals surface area contributed by atoms with Crippen LogP contribution in [-0.4, -0.2) is 58.1 Å². The van der Waals surface area contributed by atoms with Crippen molar-refractivity contribution in [2.75, 3.05) is 43.4 Å². The van der Waals surface area contributed by atoms with Crippen molar-refractivity contribution in [3.63, 3.8) is 0 Å². The highest BCUT2D eigenvalue weighted by molar-refractivity contribution is 8.01. The Morgan fingerprint density at radius 3 is 2.61 bits per heavy atom. The lowest BCUT2D eigenvalue weighted by Crippen LogP contribution is -2.47. The van der Waals surface area contributed by atoms with E-state index in [0.29, 0.717) is 0 Å². The van der Waals surface area contributed by atoms with Crippen LogP contribution in [0.4, 0.5) is 5.69 Å². The molecule has 0 amide bonds. The van der Waals surface area contributed by atoms with Crippen LogP contribution in [-0.2, 0) is 13.0 Å². The highest BCUT2D eigenvalue weighted by Crippen LogP contribution is 2.38. The van der Waals surface area contributed by atoms with Gasteiger partial charge in [0.25, 0.3) is 0 Å². The number of piperazine rings is 1. The van der Waals surface area contributed by atoms with Gasteiger partial charge in [-0.1, -0.05) is 11.6 Å². The smallest absolute Gasteiger partial charge is 0.165 e. The molecule has 0 aliphatic carbocycles. The van der Waals surface area contributed by atoms with E-state index >= 15 is 0 Å². The zero-order chi connectivity index (χ0) is 18.9. The molecule has 3 aromatic rings. The van der Waals surface area contributed by atoms with Crippen molar-refractivity contribution >= 4 is 40.4 Å². The first kappa shape index (κ1) is 18.5. The second-order valence-electron chi connectivity index (χ2n) is 7.12. The van der Waals surface area contributed by atoms with Gasteiger partial charge in [-0.25, -0.2) is 0 Å². The number of halogens is 1. The van der Waals surface area contributed by atoms with Gasteiger partial charge in [0.05, 0.1) is 4.21 Å². The zero-order valence-corrected chi connectivity index (χ0v) is 17.9. The summed E-state index contributed by atoms with van der Waals surface area (Å²) in [4.78, 5) is 4.97. The number of thioether (sulfide) groups is 1. The molecule has 5 rings (SSSR count). The lowest BCUT2D eigenvalue weighted by atomic mass is 10.2. The molecule has 5 nitrogen and oxygen atoms in total. The molecule has 2 aliphatic rings. The summed E-state index contributed by atoms with van der Waals surface area (Å²) in [5, 5.41) is 12.0. The Bertz CT molecular complexity index is 944. The topological polar surface area (TPSA) is 37.2 Å². The number of hydrogen-bond donors (Lipinski definition) is 0. The molecule has 0 radical (unpaired) electrons. The molecular formula is C20H22ClN5S2. The van der Waals surface area contributed by atoms with E-state index in [2.05, 4.69) is 48.1 Å². The highest BCUT2D eigenvalue weighted by Gasteiger charge is 2.22. The molecular weight excluding hydrogens is 410 g/mol. The van der Waals surface area contributed by atoms with E-state index in [0.717, 1.165) is 68.1 Å². The van der Waals surface area contributed by atoms with Crippen molar-refractivity contribution in [2.45, 2.75) is 17.2 Å². The molecule has 28 heavy (non-hydrogen) atoms. The van der Waals surface area contributed by atoms with Crippen LogP contribution >= 0.6 is 34.7 Å². The Morgan fingerprint density at radius 2 is 1.79 bits per heavy atom. The van der Waals surface area contributed by atoms with E-state index < -0.39 is 0 Å². The molecule has 1 aromatic carbocycles. The maximum Gasteiger partial charge on any atom is 0.165 e. The van der Waals surface area contributed by atoms with Gasteiger partial charge in [0, 0.05) is 67.7 Å². The van der Waals surface area contributed by atoms with Gasteiger partial charge in [-0.05, 0) is 35.7 Å². The molecule has 2 aromatic heterocycles. The van der Waals surface area contributed by atoms with Crippen LogP contribution in [0.15, 0.2) is 39.9 Å². The molecule has 0 atom stereocenters. The fourth-order valence-electron chi connectivity index (χ4n) is 3.90. The summed E-state index contributed by atoms with van der Waals surface area (Å²) in [5.41, 5.74) is 2.51. The molecule has 1 saturated heterocycles. The van der Waals surface area contributed by atoms with Crippen LogP contribution < -0.4 is 4.90 Å². The van der Waals surface area contributed by atoms with E-state index in [-0.39, 0.29) is 0 Å². The second-order valence-corrected chi connectivity index (χ2v) is 9.83. The Labute approximate surface area is 178 Å². The lowest BCUT2D eigenvalue weighted by molar-refractivity contribution is 0.258. The first-order valence-corrected chi connectivity index (χ1v) is 11.9. The lowest BCUT2D eigenvalue weighted by Gasteiger charge is -2.36. The minimum absolute atomic E-state index is 0.794. The number of anilines is 1. The second kappa shape index (κ2) is 8.06. The van der Waals surface area contributed by atoms with Crippen molar-refractivity contribution < 1.29 is 0 Å². The molecule has 1 fully saturated rings. The molecule has 146 valence electrons. The number of rotatable bonds is 4. The molecule has 0 saturated carbocycles. The van der Waals surface area contributed by atoms with Crippen LogP contribution in [0.1, 0.15) is 5.82 Å². The van der Waals surface area contributed by atoms with Crippen molar-refractivity contribution in [1.29, 1.82) is 0 Å². The van der Waals surface area contributed by atoms with Crippen molar-refractivity contribution in [3.8, 4) is 11.4 Å². The number of benzene rings is 1. The molecule has 8 heteroatoms. The average Bonchev–Trinajstić information content (AvgIpc) is 3.31. The standard InChI is InChI=1S/C20H22ClN5S2/c21-15-1-3-16(4-2-15)25-10-8-24(9-11-25)7-5-18-22-23-19-17-6-13-27-20(17)28-14-12-26(18)19/h1-4,6,13H,5,7-12,14H2. The maximum absolute atomic E-state index is 6.01. The minimum Gasteiger partial charge on any atom is -0.369 e. The molecule has 0 spiro atoms. The third-order valence-corrected chi connectivity index (χ3v) is 7.93. The summed E-state index contributed by atoms with van der Waals surface area (Å²) in [6, 6.07) is 10.3. The summed E-state index contributed by atoms with van der Waals surface area (Å²) in [6.07, 6.45) is 0.956. The molecule has 0 N–H and O–H groups in total. The van der Waals surface area contributed by atoms with Crippen LogP contribution in [0.5, 0.6) is 0 Å². The fraction of sp³-hybridized carbons (Fsp3) is 0.400. The molecule has 0 unspecified atom stereocenters. The predicted molar refractivity (Wildman–Crippen MR) is 118 cm³/mol. The average molecular weight is 432 g/mol. The number of nitrogens with zero attached hydrogens (tertiary/aromatic N) is 5. The quantitative estimate of drug-likeness (QED) is 0.620. The number of fused-ring (bicyclic) bond motifs is 3. The fourth-order valence-corrected chi connectivity index (χ4v) is 6.10. The highest BCUT2D eigenvalue weighted by atomic mass is 35.5. The van der Waals surface area contributed by atoms with Crippen molar-refractivity contribution in [3.05, 3.63) is 46.6 Å². The normalized spacial score (nSPS) is 17.2. The van der Waals surface area contributed by atoms with E-state index in [9.17, 15) is 0 Å². The van der Waals surface area contributed by atoms with E-state index in [1.54, 1.807) is 0 Å². The third kappa shape index (κ3) is 3.68. The van der Waals surface area contributed by atoms with Crippen LogP contribution in [0.2, 0.25) is 5.02 Å². The van der Waals surface area contributed by atoms with Gasteiger partial charge in [-0.2, -0.15) is 0 Å². The molecule has 0 bridgehead atoms. The molecule has 2 aliphatic heterocycles. The summed E-state index contributed by atoms with van der Waals surface area (Å²) in [6.45, 7) is 6.29. The van der Waals surface area contributed by atoms with Crippen LogP contribution in [0, 0.1) is 0 Å². The number of thiophene rings is 1. The van der Waals surface area contributed by atoms with Crippen molar-refractivity contribution in [1.82, 2.24) is 19.7 Å². The monoisotopic (exact) mass is 431 g/mol. The van der Waals surface area contributed by atoms with Crippen LogP contribution in [0.25, 0.3) is 11.4 Å². The SMILES string of the molecule is Clc1ccc(N2CCN(CCc3nnc4n3CCSc3sccc3-4)CC2)cc1. The summed E-state index contributed by atoms with van der Waals surface area (Å²) in [7, 11) is 0. The zero-order valence-electron chi connectivity index (χ0n) is 15.6. The van der Waals surface area contributed by atoms with Crippen molar-refractivity contribution in [2.24, 2.45) is 0 Å². The van der Waals surface area contributed by atoms with Crippen LogP contribution in [0.3, 0.4) is 0 Å². The van der Waals surface area contributed by atoms with Gasteiger partial charge in [0.2, 0.25) is 0 Å². The minimum atomic E-state index is 0.794. The van der Waals surface area contributed by atoms with Gasteiger partial charge in [-0.3, -0.25) is 4.90 Å². The Hall–Kier alpha value is -1.54. The Morgan fingerprint density at radius 1 is 0.964 bits per heavy atom. The molecule has 4 heterocycles. The number of hydrogen-bond acceptors (Lipinski definition) is 6. The Balaban J connectivity index is 1.20.